The van der Waals surface area contributed by atoms with Crippen molar-refractivity contribution in [3.63, 3.8) is 0 Å². The van der Waals surface area contributed by atoms with E-state index in [1.165, 1.54) is 0 Å². The molecular weight excluding hydrogens is 301 g/mol. The van der Waals surface area contributed by atoms with Gasteiger partial charge in [0, 0.05) is 55.9 Å². The average molecular weight is 312 g/mol. The monoisotopic (exact) mass is 312 g/mol. The molecule has 1 aromatic carbocycles. The third-order valence-corrected chi connectivity index (χ3v) is 2.71. The molecule has 0 fully saturated rings. The Morgan fingerprint density at radius 2 is 2.11 bits per heavy atom. The summed E-state index contributed by atoms with van der Waals surface area (Å²) in [5.41, 5.74) is 10.2. The Hall–Kier alpha value is -1.26. The van der Waals surface area contributed by atoms with E-state index in [0.29, 0.717) is 0 Å². The largest absolute Gasteiger partial charge is 0.400 e. The number of nitrogen functional groups attached to an aromatic ring is 1. The van der Waals surface area contributed by atoms with Crippen molar-refractivity contribution in [2.75, 3.05) is 5.73 Å². The standard InChI is InChI=1S/C13H11N4.Y/c1-9-5-6-15-13-12(8-16-17(9)13)10-3-2-4-11(14)7-10;/h2-7H,14H2,1H3;/q-1;. The zero-order chi connectivity index (χ0) is 11.8. The molecular formula is C13H11N4Y-. The second-order valence-electron chi connectivity index (χ2n) is 3.93. The molecule has 3 rings (SSSR count). The molecule has 0 atom stereocenters. The number of hydrogen-bond donors (Lipinski definition) is 1. The molecule has 0 aliphatic rings. The van der Waals surface area contributed by atoms with Crippen LogP contribution in [-0.4, -0.2) is 14.6 Å². The Balaban J connectivity index is 0.00000120. The van der Waals surface area contributed by atoms with Crippen molar-refractivity contribution in [1.82, 2.24) is 14.6 Å². The van der Waals surface area contributed by atoms with E-state index in [9.17, 15) is 0 Å². The van der Waals surface area contributed by atoms with Crippen LogP contribution in [0.25, 0.3) is 16.8 Å². The molecule has 0 amide bonds. The topological polar surface area (TPSA) is 56.2 Å². The Morgan fingerprint density at radius 1 is 1.28 bits per heavy atom. The molecule has 0 saturated heterocycles. The molecule has 0 spiro atoms. The first kappa shape index (κ1) is 13.2. The van der Waals surface area contributed by atoms with Crippen molar-refractivity contribution in [1.29, 1.82) is 0 Å². The van der Waals surface area contributed by atoms with Gasteiger partial charge in [0.1, 0.15) is 0 Å². The Morgan fingerprint density at radius 3 is 2.89 bits per heavy atom. The normalized spacial score (nSPS) is 10.3. The summed E-state index contributed by atoms with van der Waals surface area (Å²) >= 11 is 0. The van der Waals surface area contributed by atoms with E-state index in [1.807, 2.05) is 37.3 Å². The first-order valence-electron chi connectivity index (χ1n) is 5.33. The van der Waals surface area contributed by atoms with Crippen LogP contribution in [0.2, 0.25) is 0 Å². The maximum absolute atomic E-state index is 5.78. The van der Waals surface area contributed by atoms with Crippen LogP contribution < -0.4 is 5.73 Å². The van der Waals surface area contributed by atoms with Crippen LogP contribution in [0, 0.1) is 13.1 Å². The molecule has 0 aliphatic heterocycles. The molecule has 2 aromatic heterocycles. The van der Waals surface area contributed by atoms with E-state index in [0.717, 1.165) is 28.2 Å². The van der Waals surface area contributed by atoms with Crippen molar-refractivity contribution in [3.8, 4) is 11.1 Å². The zero-order valence-electron chi connectivity index (χ0n) is 9.96. The summed E-state index contributed by atoms with van der Waals surface area (Å²) in [6, 6.07) is 9.56. The first-order chi connectivity index (χ1) is 8.25. The second kappa shape index (κ2) is 5.16. The summed E-state index contributed by atoms with van der Waals surface area (Å²) in [6.45, 7) is 1.98. The molecule has 2 heterocycles. The maximum Gasteiger partial charge on any atom is 0.0499 e. The van der Waals surface area contributed by atoms with Crippen molar-refractivity contribution >= 4 is 11.3 Å². The van der Waals surface area contributed by atoms with Crippen molar-refractivity contribution < 1.29 is 32.7 Å². The Labute approximate surface area is 130 Å². The minimum atomic E-state index is 0. The molecule has 0 saturated carbocycles. The average Bonchev–Trinajstić information content (AvgIpc) is 2.74. The molecule has 18 heavy (non-hydrogen) atoms. The Bertz CT molecular complexity index is 690. The molecule has 2 N–H and O–H groups in total. The third-order valence-electron chi connectivity index (χ3n) is 2.71. The van der Waals surface area contributed by atoms with Gasteiger partial charge < -0.3 is 10.7 Å². The van der Waals surface area contributed by atoms with Crippen LogP contribution in [-0.2, 0) is 32.7 Å². The quantitative estimate of drug-likeness (QED) is 0.553. The van der Waals surface area contributed by atoms with Gasteiger partial charge in [-0.2, -0.15) is 0 Å². The van der Waals surface area contributed by atoms with Gasteiger partial charge in [-0.15, -0.1) is 17.2 Å². The van der Waals surface area contributed by atoms with Gasteiger partial charge in [0.2, 0.25) is 0 Å². The van der Waals surface area contributed by atoms with Gasteiger partial charge >= 0.3 is 0 Å². The number of anilines is 1. The van der Waals surface area contributed by atoms with Crippen LogP contribution in [0.3, 0.4) is 0 Å². The van der Waals surface area contributed by atoms with Crippen molar-refractivity contribution in [2.24, 2.45) is 0 Å². The fourth-order valence-corrected chi connectivity index (χ4v) is 1.84. The minimum Gasteiger partial charge on any atom is -0.400 e. The summed E-state index contributed by atoms with van der Waals surface area (Å²) < 4.78 is 1.78. The summed E-state index contributed by atoms with van der Waals surface area (Å²) in [6.07, 6.45) is 4.77. The van der Waals surface area contributed by atoms with Crippen LogP contribution in [0.4, 0.5) is 5.69 Å². The predicted molar refractivity (Wildman–Crippen MR) is 66.4 cm³/mol. The molecule has 0 aliphatic carbocycles. The molecule has 87 valence electrons. The predicted octanol–water partition coefficient (Wildman–Crippen LogP) is 2.08. The van der Waals surface area contributed by atoms with Gasteiger partial charge in [0.15, 0.2) is 0 Å². The van der Waals surface area contributed by atoms with E-state index >= 15 is 0 Å². The van der Waals surface area contributed by atoms with Crippen molar-refractivity contribution in [2.45, 2.75) is 6.92 Å². The van der Waals surface area contributed by atoms with E-state index in [4.69, 9.17) is 5.73 Å². The van der Waals surface area contributed by atoms with Crippen LogP contribution >= 0.6 is 0 Å². The summed E-state index contributed by atoms with van der Waals surface area (Å²) in [5.74, 6) is 0. The molecule has 0 bridgehead atoms. The zero-order valence-corrected chi connectivity index (χ0v) is 12.8. The molecule has 1 radical (unpaired) electrons. The van der Waals surface area contributed by atoms with Gasteiger partial charge in [-0.25, -0.2) is 0 Å². The van der Waals surface area contributed by atoms with E-state index in [-0.39, 0.29) is 32.7 Å². The maximum atomic E-state index is 5.78. The summed E-state index contributed by atoms with van der Waals surface area (Å²) in [5, 5.41) is 4.21. The first-order valence-corrected chi connectivity index (χ1v) is 5.33. The molecule has 5 heteroatoms. The molecule has 4 nitrogen and oxygen atoms in total. The number of aryl methyl sites for hydroxylation is 1. The number of rotatable bonds is 1. The number of nitrogens with zero attached hydrogens (tertiary/aromatic N) is 3. The smallest absolute Gasteiger partial charge is 0.0499 e. The summed E-state index contributed by atoms with van der Waals surface area (Å²) in [4.78, 5) is 4.34. The fraction of sp³-hybridized carbons (Fsp3) is 0.0769. The van der Waals surface area contributed by atoms with Crippen LogP contribution in [0.15, 0.2) is 36.5 Å². The SMILES string of the molecule is Cc1ccnc2c(-c3cccc(N)c3)[c-]nn12.[Y]. The third kappa shape index (κ3) is 2.18. The van der Waals surface area contributed by atoms with Gasteiger partial charge in [0.25, 0.3) is 0 Å². The number of fused-ring (bicyclic) bond motifs is 1. The van der Waals surface area contributed by atoms with Crippen LogP contribution in [0.5, 0.6) is 0 Å². The second-order valence-corrected chi connectivity index (χ2v) is 3.93. The number of hydrogen-bond acceptors (Lipinski definition) is 3. The number of benzene rings is 1. The van der Waals surface area contributed by atoms with E-state index < -0.39 is 0 Å². The minimum absolute atomic E-state index is 0. The van der Waals surface area contributed by atoms with E-state index in [1.54, 1.807) is 10.7 Å². The van der Waals surface area contributed by atoms with E-state index in [2.05, 4.69) is 16.3 Å². The fourth-order valence-electron chi connectivity index (χ4n) is 1.84. The molecule has 0 unspecified atom stereocenters. The van der Waals surface area contributed by atoms with Crippen molar-refractivity contribution in [3.05, 3.63) is 48.4 Å². The van der Waals surface area contributed by atoms with Gasteiger partial charge in [0.05, 0.1) is 0 Å². The van der Waals surface area contributed by atoms with Gasteiger partial charge in [-0.1, -0.05) is 12.1 Å². The van der Waals surface area contributed by atoms with Gasteiger partial charge in [-0.3, -0.25) is 9.61 Å². The Kier molecular flexibility index (Phi) is 3.78. The van der Waals surface area contributed by atoms with Gasteiger partial charge in [-0.05, 0) is 25.3 Å². The molecule has 3 aromatic rings. The summed E-state index contributed by atoms with van der Waals surface area (Å²) in [7, 11) is 0. The van der Waals surface area contributed by atoms with Crippen LogP contribution in [0.1, 0.15) is 5.69 Å². The number of aromatic nitrogens is 3. The number of nitrogens with two attached hydrogens (primary N) is 1.